The lowest BCUT2D eigenvalue weighted by molar-refractivity contribution is -0.145. The molecule has 0 aliphatic carbocycles. The van der Waals surface area contributed by atoms with E-state index in [1.165, 1.54) is 7.11 Å². The largest absolute Gasteiger partial charge is 0.469 e. The average Bonchev–Trinajstić information content (AvgIpc) is 2.58. The maximum Gasteiger partial charge on any atom is 0.310 e. The molecule has 0 aliphatic rings. The first kappa shape index (κ1) is 16.6. The van der Waals surface area contributed by atoms with E-state index in [1.807, 2.05) is 36.4 Å². The van der Waals surface area contributed by atoms with E-state index >= 15 is 0 Å². The van der Waals surface area contributed by atoms with Gasteiger partial charge in [-0.1, -0.05) is 48.4 Å². The van der Waals surface area contributed by atoms with Gasteiger partial charge in [0.1, 0.15) is 0 Å². The van der Waals surface area contributed by atoms with E-state index in [4.69, 9.17) is 4.74 Å². The SMILES string of the molecule is CC#CC(=O)NCC(Cc1ccc2ccccc2c1)C(=O)OC. The summed E-state index contributed by atoms with van der Waals surface area (Å²) in [6.45, 7) is 1.79. The summed E-state index contributed by atoms with van der Waals surface area (Å²) < 4.78 is 4.84. The molecule has 0 saturated heterocycles. The standard InChI is InChI=1S/C19H19NO3/c1-3-6-18(21)20-13-17(19(22)23-2)12-14-9-10-15-7-4-5-8-16(15)11-14/h4-5,7-11,17H,12-13H2,1-2H3,(H,20,21). The van der Waals surface area contributed by atoms with Crippen LogP contribution in [0.1, 0.15) is 12.5 Å². The lowest BCUT2D eigenvalue weighted by Gasteiger charge is -2.15. The molecule has 2 aromatic rings. The van der Waals surface area contributed by atoms with Crippen LogP contribution in [-0.4, -0.2) is 25.5 Å². The first-order chi connectivity index (χ1) is 11.1. The number of amides is 1. The molecule has 0 radical (unpaired) electrons. The van der Waals surface area contributed by atoms with Gasteiger partial charge in [0.25, 0.3) is 5.91 Å². The molecule has 0 aromatic heterocycles. The number of carbonyl (C=O) groups excluding carboxylic acids is 2. The highest BCUT2D eigenvalue weighted by atomic mass is 16.5. The van der Waals surface area contributed by atoms with E-state index in [-0.39, 0.29) is 18.4 Å². The summed E-state index contributed by atoms with van der Waals surface area (Å²) in [4.78, 5) is 23.4. The van der Waals surface area contributed by atoms with Gasteiger partial charge < -0.3 is 10.1 Å². The number of benzene rings is 2. The molecule has 1 atom stereocenters. The molecule has 0 heterocycles. The van der Waals surface area contributed by atoms with Crippen LogP contribution in [-0.2, 0) is 20.7 Å². The minimum atomic E-state index is -0.441. The highest BCUT2D eigenvalue weighted by Gasteiger charge is 2.20. The van der Waals surface area contributed by atoms with Crippen molar-refractivity contribution < 1.29 is 14.3 Å². The van der Waals surface area contributed by atoms with E-state index in [9.17, 15) is 9.59 Å². The van der Waals surface area contributed by atoms with Crippen LogP contribution in [0, 0.1) is 17.8 Å². The molecule has 4 nitrogen and oxygen atoms in total. The van der Waals surface area contributed by atoms with Crippen molar-refractivity contribution in [1.29, 1.82) is 0 Å². The zero-order valence-corrected chi connectivity index (χ0v) is 13.3. The fourth-order valence-corrected chi connectivity index (χ4v) is 2.43. The Morgan fingerprint density at radius 3 is 2.61 bits per heavy atom. The van der Waals surface area contributed by atoms with Gasteiger partial charge in [0, 0.05) is 6.54 Å². The molecule has 1 unspecified atom stereocenters. The Labute approximate surface area is 135 Å². The molecule has 23 heavy (non-hydrogen) atoms. The van der Waals surface area contributed by atoms with Crippen LogP contribution >= 0.6 is 0 Å². The molecular formula is C19H19NO3. The first-order valence-electron chi connectivity index (χ1n) is 7.40. The molecule has 0 aliphatic heterocycles. The van der Waals surface area contributed by atoms with Crippen molar-refractivity contribution in [2.24, 2.45) is 5.92 Å². The van der Waals surface area contributed by atoms with Gasteiger partial charge in [0.2, 0.25) is 0 Å². The maximum atomic E-state index is 11.9. The van der Waals surface area contributed by atoms with E-state index in [0.717, 1.165) is 16.3 Å². The number of esters is 1. The average molecular weight is 309 g/mol. The van der Waals surface area contributed by atoms with E-state index in [1.54, 1.807) is 6.92 Å². The summed E-state index contributed by atoms with van der Waals surface area (Å²) in [5.41, 5.74) is 1.02. The third kappa shape index (κ3) is 4.58. The van der Waals surface area contributed by atoms with Crippen LogP contribution in [0.2, 0.25) is 0 Å². The number of nitrogens with one attached hydrogen (secondary N) is 1. The van der Waals surface area contributed by atoms with Crippen molar-refractivity contribution in [2.45, 2.75) is 13.3 Å². The van der Waals surface area contributed by atoms with Gasteiger partial charge in [-0.25, -0.2) is 0 Å². The van der Waals surface area contributed by atoms with Crippen molar-refractivity contribution in [2.75, 3.05) is 13.7 Å². The van der Waals surface area contributed by atoms with Crippen molar-refractivity contribution in [1.82, 2.24) is 5.32 Å². The normalized spacial score (nSPS) is 11.2. The summed E-state index contributed by atoms with van der Waals surface area (Å²) in [5.74, 6) is 3.75. The Morgan fingerprint density at radius 1 is 1.17 bits per heavy atom. The number of rotatable bonds is 5. The minimum Gasteiger partial charge on any atom is -0.469 e. The second-order valence-corrected chi connectivity index (χ2v) is 5.19. The van der Waals surface area contributed by atoms with Gasteiger partial charge in [0.15, 0.2) is 0 Å². The van der Waals surface area contributed by atoms with Gasteiger partial charge >= 0.3 is 5.97 Å². The van der Waals surface area contributed by atoms with Gasteiger partial charge in [-0.3, -0.25) is 9.59 Å². The monoisotopic (exact) mass is 309 g/mol. The van der Waals surface area contributed by atoms with Crippen LogP contribution < -0.4 is 5.32 Å². The Balaban J connectivity index is 2.13. The Morgan fingerprint density at radius 2 is 1.91 bits per heavy atom. The molecule has 118 valence electrons. The molecule has 0 bridgehead atoms. The topological polar surface area (TPSA) is 55.4 Å². The Bertz CT molecular complexity index is 771. The second-order valence-electron chi connectivity index (χ2n) is 5.19. The van der Waals surface area contributed by atoms with Gasteiger partial charge in [-0.15, -0.1) is 0 Å². The number of methoxy groups -OCH3 is 1. The van der Waals surface area contributed by atoms with Crippen molar-refractivity contribution in [3.63, 3.8) is 0 Å². The molecule has 2 aromatic carbocycles. The van der Waals surface area contributed by atoms with Crippen molar-refractivity contribution in [3.05, 3.63) is 48.0 Å². The molecule has 0 spiro atoms. The van der Waals surface area contributed by atoms with E-state index < -0.39 is 5.92 Å². The van der Waals surface area contributed by atoms with Gasteiger partial charge in [-0.05, 0) is 35.6 Å². The number of fused-ring (bicyclic) bond motifs is 1. The minimum absolute atomic E-state index is 0.201. The zero-order valence-electron chi connectivity index (χ0n) is 13.3. The van der Waals surface area contributed by atoms with Crippen LogP contribution in [0.5, 0.6) is 0 Å². The fourth-order valence-electron chi connectivity index (χ4n) is 2.43. The second kappa shape index (κ2) is 8.00. The van der Waals surface area contributed by atoms with E-state index in [2.05, 4.69) is 23.2 Å². The Hall–Kier alpha value is -2.80. The first-order valence-corrected chi connectivity index (χ1v) is 7.40. The molecule has 0 saturated carbocycles. The van der Waals surface area contributed by atoms with Gasteiger partial charge in [0.05, 0.1) is 13.0 Å². The molecular weight excluding hydrogens is 290 g/mol. The summed E-state index contributed by atoms with van der Waals surface area (Å²) in [5, 5.41) is 4.91. The smallest absolute Gasteiger partial charge is 0.310 e. The van der Waals surface area contributed by atoms with Crippen LogP contribution in [0.3, 0.4) is 0 Å². The van der Waals surface area contributed by atoms with Crippen LogP contribution in [0.4, 0.5) is 0 Å². The third-order valence-electron chi connectivity index (χ3n) is 3.58. The van der Waals surface area contributed by atoms with Gasteiger partial charge in [-0.2, -0.15) is 0 Å². The summed E-state index contributed by atoms with van der Waals surface area (Å²) in [6, 6.07) is 14.1. The number of carbonyl (C=O) groups is 2. The quantitative estimate of drug-likeness (QED) is 0.681. The third-order valence-corrected chi connectivity index (χ3v) is 3.58. The number of ether oxygens (including phenoxy) is 1. The zero-order chi connectivity index (χ0) is 16.7. The Kier molecular flexibility index (Phi) is 5.76. The molecule has 2 rings (SSSR count). The number of hydrogen-bond donors (Lipinski definition) is 1. The lowest BCUT2D eigenvalue weighted by atomic mass is 9.97. The van der Waals surface area contributed by atoms with Crippen molar-refractivity contribution in [3.8, 4) is 11.8 Å². The molecule has 1 amide bonds. The molecule has 0 fully saturated rings. The summed E-state index contributed by atoms with van der Waals surface area (Å²) in [7, 11) is 1.35. The predicted octanol–water partition coefficient (Wildman–Crippen LogP) is 2.31. The molecule has 4 heteroatoms. The van der Waals surface area contributed by atoms with Crippen LogP contribution in [0.15, 0.2) is 42.5 Å². The summed E-state index contributed by atoms with van der Waals surface area (Å²) in [6.07, 6.45) is 0.497. The molecule has 1 N–H and O–H groups in total. The predicted molar refractivity (Wildman–Crippen MR) is 89.6 cm³/mol. The highest BCUT2D eigenvalue weighted by Crippen LogP contribution is 2.18. The number of hydrogen-bond acceptors (Lipinski definition) is 3. The summed E-state index contributed by atoms with van der Waals surface area (Å²) >= 11 is 0. The van der Waals surface area contributed by atoms with Crippen LogP contribution in [0.25, 0.3) is 10.8 Å². The lowest BCUT2D eigenvalue weighted by Crippen LogP contribution is -2.34. The van der Waals surface area contributed by atoms with Crippen molar-refractivity contribution >= 4 is 22.6 Å². The van der Waals surface area contributed by atoms with E-state index in [0.29, 0.717) is 6.42 Å². The highest BCUT2D eigenvalue weighted by molar-refractivity contribution is 5.93. The fraction of sp³-hybridized carbons (Fsp3) is 0.263. The maximum absolute atomic E-state index is 11.9.